The van der Waals surface area contributed by atoms with E-state index in [0.29, 0.717) is 16.4 Å². The van der Waals surface area contributed by atoms with Crippen LogP contribution >= 0.6 is 11.6 Å². The maximum atomic E-state index is 8.62. The Balaban J connectivity index is 2.15. The van der Waals surface area contributed by atoms with E-state index in [-0.39, 0.29) is 0 Å². The number of nitrogens with zero attached hydrogens (tertiary/aromatic N) is 2. The molecule has 0 saturated carbocycles. The van der Waals surface area contributed by atoms with Crippen molar-refractivity contribution >= 4 is 23.1 Å². The maximum Gasteiger partial charge on any atom is 0.130 e. The normalized spacial score (nSPS) is 9.50. The first-order valence-electron chi connectivity index (χ1n) is 4.67. The molecule has 0 bridgehead atoms. The molecule has 4 heteroatoms. The summed E-state index contributed by atoms with van der Waals surface area (Å²) in [6, 6.07) is 12.8. The fourth-order valence-electron chi connectivity index (χ4n) is 1.22. The monoisotopic (exact) mass is 229 g/mol. The quantitative estimate of drug-likeness (QED) is 0.859. The van der Waals surface area contributed by atoms with Crippen molar-refractivity contribution in [1.29, 1.82) is 5.26 Å². The molecule has 3 nitrogen and oxygen atoms in total. The lowest BCUT2D eigenvalue weighted by atomic mass is 10.3. The Kier molecular flexibility index (Phi) is 3.04. The van der Waals surface area contributed by atoms with Crippen LogP contribution in [0.4, 0.5) is 11.5 Å². The van der Waals surface area contributed by atoms with E-state index in [1.807, 2.05) is 18.2 Å². The minimum Gasteiger partial charge on any atom is -0.340 e. The minimum absolute atomic E-state index is 0.543. The molecular formula is C12H8ClN3. The van der Waals surface area contributed by atoms with E-state index in [1.54, 1.807) is 24.3 Å². The van der Waals surface area contributed by atoms with Crippen LogP contribution < -0.4 is 5.32 Å². The largest absolute Gasteiger partial charge is 0.340 e. The van der Waals surface area contributed by atoms with E-state index in [4.69, 9.17) is 16.9 Å². The molecule has 78 valence electrons. The minimum atomic E-state index is 0.543. The van der Waals surface area contributed by atoms with Gasteiger partial charge in [0.1, 0.15) is 11.9 Å². The molecule has 0 spiro atoms. The van der Waals surface area contributed by atoms with Crippen LogP contribution in [-0.4, -0.2) is 4.98 Å². The van der Waals surface area contributed by atoms with Crippen molar-refractivity contribution in [2.45, 2.75) is 0 Å². The summed E-state index contributed by atoms with van der Waals surface area (Å²) in [4.78, 5) is 4.10. The van der Waals surface area contributed by atoms with Crippen LogP contribution in [0.1, 0.15) is 5.56 Å². The number of rotatable bonds is 2. The Hall–Kier alpha value is -2.05. The second kappa shape index (κ2) is 4.65. The zero-order valence-corrected chi connectivity index (χ0v) is 9.07. The van der Waals surface area contributed by atoms with Gasteiger partial charge in [0.25, 0.3) is 0 Å². The van der Waals surface area contributed by atoms with Gasteiger partial charge >= 0.3 is 0 Å². The van der Waals surface area contributed by atoms with Gasteiger partial charge < -0.3 is 5.32 Å². The Morgan fingerprint density at radius 1 is 1.12 bits per heavy atom. The van der Waals surface area contributed by atoms with E-state index >= 15 is 0 Å². The van der Waals surface area contributed by atoms with Crippen molar-refractivity contribution < 1.29 is 0 Å². The highest BCUT2D eigenvalue weighted by atomic mass is 35.5. The summed E-state index contributed by atoms with van der Waals surface area (Å²) in [5, 5.41) is 12.4. The number of hydrogen-bond acceptors (Lipinski definition) is 3. The van der Waals surface area contributed by atoms with Crippen LogP contribution in [0.5, 0.6) is 0 Å². The second-order valence-corrected chi connectivity index (χ2v) is 3.61. The molecular weight excluding hydrogens is 222 g/mol. The molecule has 1 N–H and O–H groups in total. The number of halogens is 1. The summed E-state index contributed by atoms with van der Waals surface area (Å²) in [6.07, 6.45) is 1.53. The summed E-state index contributed by atoms with van der Waals surface area (Å²) in [5.74, 6) is 0.696. The lowest BCUT2D eigenvalue weighted by Gasteiger charge is -2.04. The Morgan fingerprint density at radius 3 is 2.44 bits per heavy atom. The summed E-state index contributed by atoms with van der Waals surface area (Å²) in [6.45, 7) is 0. The predicted octanol–water partition coefficient (Wildman–Crippen LogP) is 3.35. The van der Waals surface area contributed by atoms with Gasteiger partial charge in [-0.2, -0.15) is 5.26 Å². The number of aromatic nitrogens is 1. The van der Waals surface area contributed by atoms with Crippen LogP contribution in [0, 0.1) is 11.3 Å². The molecule has 0 aliphatic carbocycles. The van der Waals surface area contributed by atoms with Gasteiger partial charge in [-0.05, 0) is 36.4 Å². The number of nitriles is 1. The molecule has 0 unspecified atom stereocenters. The molecule has 1 aromatic carbocycles. The van der Waals surface area contributed by atoms with Gasteiger partial charge in [-0.3, -0.25) is 0 Å². The summed E-state index contributed by atoms with van der Waals surface area (Å²) < 4.78 is 0. The van der Waals surface area contributed by atoms with Crippen LogP contribution in [0.25, 0.3) is 0 Å². The van der Waals surface area contributed by atoms with Crippen molar-refractivity contribution in [3.05, 3.63) is 53.2 Å². The number of hydrogen-bond donors (Lipinski definition) is 1. The van der Waals surface area contributed by atoms with E-state index in [9.17, 15) is 0 Å². The van der Waals surface area contributed by atoms with Crippen molar-refractivity contribution in [3.8, 4) is 6.07 Å². The molecule has 0 aliphatic rings. The third kappa shape index (κ3) is 2.50. The third-order valence-electron chi connectivity index (χ3n) is 2.01. The molecule has 2 rings (SSSR count). The molecule has 0 aliphatic heterocycles. The maximum absolute atomic E-state index is 8.62. The van der Waals surface area contributed by atoms with Gasteiger partial charge in [-0.25, -0.2) is 4.98 Å². The van der Waals surface area contributed by atoms with Crippen LogP contribution in [-0.2, 0) is 0 Å². The van der Waals surface area contributed by atoms with Gasteiger partial charge in [-0.15, -0.1) is 0 Å². The molecule has 0 radical (unpaired) electrons. The SMILES string of the molecule is N#Cc1ccc(Nc2ccc(Cl)cc2)nc1. The Bertz CT molecular complexity index is 511. The second-order valence-electron chi connectivity index (χ2n) is 3.18. The number of pyridine rings is 1. The predicted molar refractivity (Wildman–Crippen MR) is 63.7 cm³/mol. The molecule has 2 aromatic rings. The van der Waals surface area contributed by atoms with E-state index in [1.165, 1.54) is 6.20 Å². The smallest absolute Gasteiger partial charge is 0.130 e. The summed E-state index contributed by atoms with van der Waals surface area (Å²) in [7, 11) is 0. The summed E-state index contributed by atoms with van der Waals surface area (Å²) >= 11 is 5.77. The average Bonchev–Trinajstić information content (AvgIpc) is 2.33. The first kappa shape index (κ1) is 10.5. The average molecular weight is 230 g/mol. The highest BCUT2D eigenvalue weighted by molar-refractivity contribution is 6.30. The summed E-state index contributed by atoms with van der Waals surface area (Å²) in [5.41, 5.74) is 1.45. The van der Waals surface area contributed by atoms with Crippen LogP contribution in [0.3, 0.4) is 0 Å². The molecule has 0 atom stereocenters. The van der Waals surface area contributed by atoms with Crippen LogP contribution in [0.2, 0.25) is 5.02 Å². The molecule has 16 heavy (non-hydrogen) atoms. The van der Waals surface area contributed by atoms with Crippen LogP contribution in [0.15, 0.2) is 42.6 Å². The fourth-order valence-corrected chi connectivity index (χ4v) is 1.34. The lowest BCUT2D eigenvalue weighted by Crippen LogP contribution is -1.92. The third-order valence-corrected chi connectivity index (χ3v) is 2.26. The molecule has 0 fully saturated rings. The first-order valence-corrected chi connectivity index (χ1v) is 5.04. The first-order chi connectivity index (χ1) is 7.78. The zero-order valence-electron chi connectivity index (χ0n) is 8.31. The highest BCUT2D eigenvalue weighted by Crippen LogP contribution is 2.17. The lowest BCUT2D eigenvalue weighted by molar-refractivity contribution is 1.29. The molecule has 1 aromatic heterocycles. The van der Waals surface area contributed by atoms with Gasteiger partial charge in [0.15, 0.2) is 0 Å². The number of anilines is 2. The van der Waals surface area contributed by atoms with Gasteiger partial charge in [0.05, 0.1) is 5.56 Å². The van der Waals surface area contributed by atoms with Crippen molar-refractivity contribution in [3.63, 3.8) is 0 Å². The van der Waals surface area contributed by atoms with Crippen molar-refractivity contribution in [1.82, 2.24) is 4.98 Å². The Labute approximate surface area is 98.3 Å². The van der Waals surface area contributed by atoms with E-state index in [0.717, 1.165) is 5.69 Å². The fraction of sp³-hybridized carbons (Fsp3) is 0. The Morgan fingerprint density at radius 2 is 1.88 bits per heavy atom. The van der Waals surface area contributed by atoms with Crippen molar-refractivity contribution in [2.75, 3.05) is 5.32 Å². The van der Waals surface area contributed by atoms with E-state index in [2.05, 4.69) is 10.3 Å². The standard InChI is InChI=1S/C12H8ClN3/c13-10-2-4-11(5-3-10)16-12-6-1-9(7-14)8-15-12/h1-6,8H,(H,15,16). The molecule has 1 heterocycles. The van der Waals surface area contributed by atoms with Gasteiger partial charge in [-0.1, -0.05) is 11.6 Å². The zero-order chi connectivity index (χ0) is 11.4. The van der Waals surface area contributed by atoms with Crippen molar-refractivity contribution in [2.24, 2.45) is 0 Å². The van der Waals surface area contributed by atoms with Gasteiger partial charge in [0, 0.05) is 16.9 Å². The number of nitrogens with one attached hydrogen (secondary N) is 1. The highest BCUT2D eigenvalue weighted by Gasteiger charge is 1.96. The topological polar surface area (TPSA) is 48.7 Å². The number of benzene rings is 1. The molecule has 0 saturated heterocycles. The van der Waals surface area contributed by atoms with E-state index < -0.39 is 0 Å². The molecule has 0 amide bonds. The van der Waals surface area contributed by atoms with Gasteiger partial charge in [0.2, 0.25) is 0 Å².